The molecule has 2 atom stereocenters. The van der Waals surface area contributed by atoms with E-state index in [9.17, 15) is 9.59 Å². The Morgan fingerprint density at radius 2 is 1.75 bits per heavy atom. The lowest BCUT2D eigenvalue weighted by Crippen LogP contribution is -2.52. The Morgan fingerprint density at radius 1 is 1.00 bits per heavy atom. The number of likely N-dealkylation sites (tertiary alicyclic amines) is 2. The number of thioether (sulfide) groups is 1. The van der Waals surface area contributed by atoms with Crippen LogP contribution in [0.2, 0.25) is 0 Å². The van der Waals surface area contributed by atoms with Crippen LogP contribution < -0.4 is 0 Å². The predicted octanol–water partition coefficient (Wildman–Crippen LogP) is 0.604. The molecule has 3 fully saturated rings. The molecule has 0 radical (unpaired) electrons. The minimum absolute atomic E-state index is 0.0115. The van der Waals surface area contributed by atoms with Crippen LogP contribution in [0.25, 0.3) is 0 Å². The van der Waals surface area contributed by atoms with Gasteiger partial charge >= 0.3 is 0 Å². The summed E-state index contributed by atoms with van der Waals surface area (Å²) in [5.74, 6) is 1.76. The second-order valence-corrected chi connectivity index (χ2v) is 6.99. The van der Waals surface area contributed by atoms with Crippen molar-refractivity contribution in [1.29, 1.82) is 0 Å². The maximum absolute atomic E-state index is 12.7. The summed E-state index contributed by atoms with van der Waals surface area (Å²) in [6.07, 6.45) is 4.22. The molecule has 0 bridgehead atoms. The van der Waals surface area contributed by atoms with Crippen molar-refractivity contribution < 1.29 is 9.59 Å². The minimum atomic E-state index is -0.223. The molecule has 0 spiro atoms. The van der Waals surface area contributed by atoms with Crippen molar-refractivity contribution in [3.8, 4) is 0 Å². The third-order valence-corrected chi connectivity index (χ3v) is 5.69. The lowest BCUT2D eigenvalue weighted by Gasteiger charge is -2.30. The van der Waals surface area contributed by atoms with E-state index in [1.54, 1.807) is 11.8 Å². The minimum Gasteiger partial charge on any atom is -0.341 e. The van der Waals surface area contributed by atoms with Gasteiger partial charge in [-0.25, -0.2) is 0 Å². The Labute approximate surface area is 124 Å². The molecule has 3 rings (SSSR count). The topological polar surface area (TPSA) is 43.9 Å². The van der Waals surface area contributed by atoms with Crippen LogP contribution in [0.4, 0.5) is 0 Å². The monoisotopic (exact) mass is 297 g/mol. The van der Waals surface area contributed by atoms with E-state index >= 15 is 0 Å². The van der Waals surface area contributed by atoms with Crippen molar-refractivity contribution in [1.82, 2.24) is 14.7 Å². The third-order valence-electron chi connectivity index (χ3n) is 4.67. The fourth-order valence-electron chi connectivity index (χ4n) is 3.43. The molecule has 0 N–H and O–H groups in total. The van der Waals surface area contributed by atoms with Crippen LogP contribution in [0.3, 0.4) is 0 Å². The lowest BCUT2D eigenvalue weighted by molar-refractivity contribution is -0.145. The van der Waals surface area contributed by atoms with Crippen LogP contribution in [-0.4, -0.2) is 76.9 Å². The van der Waals surface area contributed by atoms with E-state index in [1.807, 2.05) is 16.8 Å². The van der Waals surface area contributed by atoms with Crippen molar-refractivity contribution in [2.24, 2.45) is 0 Å². The molecule has 20 heavy (non-hydrogen) atoms. The first kappa shape index (κ1) is 14.2. The van der Waals surface area contributed by atoms with Crippen LogP contribution in [-0.2, 0) is 9.59 Å². The zero-order chi connectivity index (χ0) is 14.1. The smallest absolute Gasteiger partial charge is 0.246 e. The van der Waals surface area contributed by atoms with Gasteiger partial charge in [-0.15, -0.1) is 11.8 Å². The van der Waals surface area contributed by atoms with E-state index in [1.165, 1.54) is 0 Å². The van der Waals surface area contributed by atoms with Gasteiger partial charge in [-0.3, -0.25) is 14.5 Å². The molecule has 3 saturated heterocycles. The molecular formula is C14H23N3O2S. The second kappa shape index (κ2) is 5.93. The Bertz CT molecular complexity index is 398. The summed E-state index contributed by atoms with van der Waals surface area (Å²) in [4.78, 5) is 31.2. The highest BCUT2D eigenvalue weighted by Gasteiger charge is 2.41. The quantitative estimate of drug-likeness (QED) is 0.749. The number of rotatable bonds is 2. The van der Waals surface area contributed by atoms with Gasteiger partial charge in [-0.1, -0.05) is 0 Å². The maximum Gasteiger partial charge on any atom is 0.246 e. The summed E-state index contributed by atoms with van der Waals surface area (Å²) in [5, 5.41) is 0. The molecule has 0 aromatic carbocycles. The van der Waals surface area contributed by atoms with Gasteiger partial charge in [-0.05, 0) is 39.3 Å². The summed E-state index contributed by atoms with van der Waals surface area (Å²) in [6.45, 7) is 2.72. The molecule has 2 amide bonds. The van der Waals surface area contributed by atoms with E-state index < -0.39 is 0 Å². The molecule has 0 saturated carbocycles. The number of hydrogen-bond acceptors (Lipinski definition) is 4. The van der Waals surface area contributed by atoms with Gasteiger partial charge in [-0.2, -0.15) is 0 Å². The second-order valence-electron chi connectivity index (χ2n) is 5.99. The highest BCUT2D eigenvalue weighted by molar-refractivity contribution is 7.99. The summed E-state index contributed by atoms with van der Waals surface area (Å²) < 4.78 is 0. The van der Waals surface area contributed by atoms with Gasteiger partial charge in [0.1, 0.15) is 6.04 Å². The van der Waals surface area contributed by atoms with Gasteiger partial charge in [0.05, 0.1) is 11.9 Å². The standard InChI is InChI=1S/C14H23N3O2S/c1-15-6-4-5-11(15)14(19)17-10-20-9-12(17)13(18)16-7-2-3-8-16/h11-12H,2-10H2,1H3. The largest absolute Gasteiger partial charge is 0.341 e. The number of carbonyl (C=O) groups excluding carboxylic acids is 2. The summed E-state index contributed by atoms with van der Waals surface area (Å²) in [7, 11) is 2.01. The first-order valence-electron chi connectivity index (χ1n) is 7.56. The lowest BCUT2D eigenvalue weighted by atomic mass is 10.1. The first-order valence-corrected chi connectivity index (χ1v) is 8.71. The normalized spacial score (nSPS) is 31.2. The zero-order valence-electron chi connectivity index (χ0n) is 12.1. The van der Waals surface area contributed by atoms with E-state index in [2.05, 4.69) is 4.90 Å². The SMILES string of the molecule is CN1CCCC1C(=O)N1CSCC1C(=O)N1CCCC1. The average molecular weight is 297 g/mol. The Kier molecular flexibility index (Phi) is 4.21. The number of amides is 2. The average Bonchev–Trinajstić information content (AvgIpc) is 3.18. The van der Waals surface area contributed by atoms with Crippen LogP contribution in [0.1, 0.15) is 25.7 Å². The summed E-state index contributed by atoms with van der Waals surface area (Å²) >= 11 is 1.70. The number of hydrogen-bond donors (Lipinski definition) is 0. The van der Waals surface area contributed by atoms with Crippen molar-refractivity contribution in [2.45, 2.75) is 37.8 Å². The highest BCUT2D eigenvalue weighted by atomic mass is 32.2. The van der Waals surface area contributed by atoms with Crippen LogP contribution >= 0.6 is 11.8 Å². The molecule has 5 nitrogen and oxygen atoms in total. The molecule has 2 unspecified atom stereocenters. The van der Waals surface area contributed by atoms with Crippen LogP contribution in [0.15, 0.2) is 0 Å². The molecule has 3 aliphatic rings. The Morgan fingerprint density at radius 3 is 2.40 bits per heavy atom. The van der Waals surface area contributed by atoms with E-state index in [0.717, 1.165) is 51.1 Å². The fraction of sp³-hybridized carbons (Fsp3) is 0.857. The van der Waals surface area contributed by atoms with Gasteiger partial charge in [0, 0.05) is 18.8 Å². The van der Waals surface area contributed by atoms with Crippen LogP contribution in [0, 0.1) is 0 Å². The number of likely N-dealkylation sites (N-methyl/N-ethyl adjacent to an activating group) is 1. The van der Waals surface area contributed by atoms with Crippen molar-refractivity contribution in [3.63, 3.8) is 0 Å². The molecule has 0 aliphatic carbocycles. The molecule has 3 aliphatic heterocycles. The highest BCUT2D eigenvalue weighted by Crippen LogP contribution is 2.27. The van der Waals surface area contributed by atoms with E-state index in [0.29, 0.717) is 5.88 Å². The third kappa shape index (κ3) is 2.55. The van der Waals surface area contributed by atoms with Crippen LogP contribution in [0.5, 0.6) is 0 Å². The fourth-order valence-corrected chi connectivity index (χ4v) is 4.58. The molecule has 0 aromatic heterocycles. The first-order chi connectivity index (χ1) is 9.68. The summed E-state index contributed by atoms with van der Waals surface area (Å²) in [5.41, 5.74) is 0. The molecule has 6 heteroatoms. The zero-order valence-corrected chi connectivity index (χ0v) is 12.9. The van der Waals surface area contributed by atoms with Crippen molar-refractivity contribution in [3.05, 3.63) is 0 Å². The molecule has 0 aromatic rings. The Hall–Kier alpha value is -0.750. The summed E-state index contributed by atoms with van der Waals surface area (Å²) in [6, 6.07) is -0.234. The number of carbonyl (C=O) groups is 2. The van der Waals surface area contributed by atoms with Crippen molar-refractivity contribution >= 4 is 23.6 Å². The van der Waals surface area contributed by atoms with Gasteiger partial charge in [0.15, 0.2) is 0 Å². The molecule has 3 heterocycles. The molecule has 112 valence electrons. The van der Waals surface area contributed by atoms with Gasteiger partial charge < -0.3 is 9.80 Å². The molecular weight excluding hydrogens is 274 g/mol. The predicted molar refractivity (Wildman–Crippen MR) is 79.4 cm³/mol. The number of nitrogens with zero attached hydrogens (tertiary/aromatic N) is 3. The van der Waals surface area contributed by atoms with Gasteiger partial charge in [0.25, 0.3) is 0 Å². The van der Waals surface area contributed by atoms with Crippen molar-refractivity contribution in [2.75, 3.05) is 38.3 Å². The van der Waals surface area contributed by atoms with Gasteiger partial charge in [0.2, 0.25) is 11.8 Å². The maximum atomic E-state index is 12.7. The Balaban J connectivity index is 1.68. The van der Waals surface area contributed by atoms with E-state index in [4.69, 9.17) is 0 Å². The van der Waals surface area contributed by atoms with E-state index in [-0.39, 0.29) is 23.9 Å².